The number of halogens is 1. The number of hydrogen-bond donors (Lipinski definition) is 2. The molecule has 0 heterocycles. The summed E-state index contributed by atoms with van der Waals surface area (Å²) in [5, 5.41) is 12.4. The fraction of sp³-hybridized carbons (Fsp3) is 0.500. The number of rotatable bonds is 6. The molecule has 0 aliphatic heterocycles. The maximum Gasteiger partial charge on any atom is 0.0525 e. The molecule has 1 fully saturated rings. The fourth-order valence-electron chi connectivity index (χ4n) is 1.52. The van der Waals surface area contributed by atoms with Gasteiger partial charge in [-0.05, 0) is 36.6 Å². The minimum atomic E-state index is 0.232. The first-order valence-electron chi connectivity index (χ1n) is 5.55. The molecule has 1 aromatic rings. The van der Waals surface area contributed by atoms with Crippen LogP contribution in [0.15, 0.2) is 27.6 Å². The molecular weight excluding hydrogens is 286 g/mol. The summed E-state index contributed by atoms with van der Waals surface area (Å²) in [7, 11) is 0. The zero-order valence-electron chi connectivity index (χ0n) is 9.08. The molecule has 0 saturated heterocycles. The topological polar surface area (TPSA) is 32.3 Å². The molecule has 0 atom stereocenters. The van der Waals surface area contributed by atoms with Crippen LogP contribution in [0.1, 0.15) is 18.4 Å². The Morgan fingerprint density at radius 3 is 2.94 bits per heavy atom. The largest absolute Gasteiger partial charge is 0.396 e. The number of nitrogens with one attached hydrogen (secondary N) is 1. The van der Waals surface area contributed by atoms with E-state index in [1.807, 2.05) is 0 Å². The third kappa shape index (κ3) is 3.77. The summed E-state index contributed by atoms with van der Waals surface area (Å²) < 4.78 is 1.12. The smallest absolute Gasteiger partial charge is 0.0525 e. The summed E-state index contributed by atoms with van der Waals surface area (Å²) in [4.78, 5) is 1.27. The van der Waals surface area contributed by atoms with Gasteiger partial charge in [-0.3, -0.25) is 0 Å². The molecule has 88 valence electrons. The number of hydrogen-bond acceptors (Lipinski definition) is 3. The molecule has 0 amide bonds. The van der Waals surface area contributed by atoms with Crippen LogP contribution in [-0.2, 0) is 6.54 Å². The van der Waals surface area contributed by atoms with Gasteiger partial charge in [0.25, 0.3) is 0 Å². The lowest BCUT2D eigenvalue weighted by molar-refractivity contribution is 0.322. The van der Waals surface area contributed by atoms with Gasteiger partial charge in [0.15, 0.2) is 0 Å². The third-order valence-electron chi connectivity index (χ3n) is 2.53. The molecular formula is C12H16BrNOS. The van der Waals surface area contributed by atoms with Gasteiger partial charge in [-0.15, -0.1) is 11.8 Å². The van der Waals surface area contributed by atoms with Gasteiger partial charge < -0.3 is 10.4 Å². The van der Waals surface area contributed by atoms with E-state index in [1.165, 1.54) is 23.3 Å². The second kappa shape index (κ2) is 6.05. The van der Waals surface area contributed by atoms with Gasteiger partial charge in [-0.2, -0.15) is 0 Å². The second-order valence-corrected chi connectivity index (χ2v) is 6.03. The normalized spacial score (nSPS) is 15.4. The quantitative estimate of drug-likeness (QED) is 0.793. The van der Waals surface area contributed by atoms with Crippen molar-refractivity contribution in [1.29, 1.82) is 0 Å². The van der Waals surface area contributed by atoms with Crippen molar-refractivity contribution in [1.82, 2.24) is 5.32 Å². The maximum absolute atomic E-state index is 8.86. The van der Waals surface area contributed by atoms with E-state index in [0.29, 0.717) is 0 Å². The van der Waals surface area contributed by atoms with Crippen LogP contribution in [-0.4, -0.2) is 23.5 Å². The van der Waals surface area contributed by atoms with E-state index in [2.05, 4.69) is 39.4 Å². The van der Waals surface area contributed by atoms with Crippen LogP contribution in [0.25, 0.3) is 0 Å². The van der Waals surface area contributed by atoms with Crippen LogP contribution < -0.4 is 5.32 Å². The van der Waals surface area contributed by atoms with Gasteiger partial charge in [-0.25, -0.2) is 0 Å². The van der Waals surface area contributed by atoms with Gasteiger partial charge in [-0.1, -0.05) is 15.9 Å². The van der Waals surface area contributed by atoms with E-state index in [1.54, 1.807) is 11.8 Å². The van der Waals surface area contributed by atoms with Crippen molar-refractivity contribution in [3.63, 3.8) is 0 Å². The number of thioether (sulfide) groups is 1. The van der Waals surface area contributed by atoms with E-state index in [4.69, 9.17) is 5.11 Å². The van der Waals surface area contributed by atoms with E-state index in [9.17, 15) is 0 Å². The van der Waals surface area contributed by atoms with Crippen molar-refractivity contribution in [2.45, 2.75) is 30.3 Å². The lowest BCUT2D eigenvalue weighted by atomic mass is 10.2. The summed E-state index contributed by atoms with van der Waals surface area (Å²) >= 11 is 5.22. The van der Waals surface area contributed by atoms with Crippen LogP contribution in [0.5, 0.6) is 0 Å². The van der Waals surface area contributed by atoms with Crippen molar-refractivity contribution in [3.8, 4) is 0 Å². The molecule has 4 heteroatoms. The van der Waals surface area contributed by atoms with Gasteiger partial charge >= 0.3 is 0 Å². The Labute approximate surface area is 109 Å². The highest BCUT2D eigenvalue weighted by molar-refractivity contribution is 9.10. The van der Waals surface area contributed by atoms with E-state index >= 15 is 0 Å². The first kappa shape index (κ1) is 12.4. The highest BCUT2D eigenvalue weighted by atomic mass is 79.9. The average Bonchev–Trinajstić information content (AvgIpc) is 3.09. The monoisotopic (exact) mass is 301 g/mol. The zero-order chi connectivity index (χ0) is 11.4. The van der Waals surface area contributed by atoms with Crippen molar-refractivity contribution in [3.05, 3.63) is 28.2 Å². The SMILES string of the molecule is OCCSc1ccc(Br)cc1CNC1CC1. The Morgan fingerprint density at radius 1 is 1.44 bits per heavy atom. The van der Waals surface area contributed by atoms with Gasteiger partial charge in [0, 0.05) is 27.7 Å². The van der Waals surface area contributed by atoms with E-state index in [0.717, 1.165) is 22.8 Å². The van der Waals surface area contributed by atoms with Gasteiger partial charge in [0.1, 0.15) is 0 Å². The van der Waals surface area contributed by atoms with Crippen LogP contribution >= 0.6 is 27.7 Å². The molecule has 1 aliphatic carbocycles. The van der Waals surface area contributed by atoms with E-state index in [-0.39, 0.29) is 6.61 Å². The van der Waals surface area contributed by atoms with Gasteiger partial charge in [0.05, 0.1) is 6.61 Å². The maximum atomic E-state index is 8.86. The van der Waals surface area contributed by atoms with Crippen molar-refractivity contribution >= 4 is 27.7 Å². The second-order valence-electron chi connectivity index (χ2n) is 3.98. The Bertz CT molecular complexity index is 355. The average molecular weight is 302 g/mol. The van der Waals surface area contributed by atoms with E-state index < -0.39 is 0 Å². The molecule has 1 saturated carbocycles. The molecule has 0 bridgehead atoms. The number of aliphatic hydroxyl groups excluding tert-OH is 1. The van der Waals surface area contributed by atoms with Crippen LogP contribution in [0, 0.1) is 0 Å². The minimum absolute atomic E-state index is 0.232. The zero-order valence-corrected chi connectivity index (χ0v) is 11.5. The summed E-state index contributed by atoms with van der Waals surface area (Å²) in [6.45, 7) is 1.16. The first-order chi connectivity index (χ1) is 7.79. The molecule has 1 aliphatic rings. The van der Waals surface area contributed by atoms with Crippen LogP contribution in [0.3, 0.4) is 0 Å². The highest BCUT2D eigenvalue weighted by Gasteiger charge is 2.20. The Hall–Kier alpha value is -0.0300. The molecule has 2 nitrogen and oxygen atoms in total. The number of aliphatic hydroxyl groups is 1. The van der Waals surface area contributed by atoms with Crippen molar-refractivity contribution < 1.29 is 5.11 Å². The predicted molar refractivity (Wildman–Crippen MR) is 71.8 cm³/mol. The van der Waals surface area contributed by atoms with Crippen LogP contribution in [0.2, 0.25) is 0 Å². The lowest BCUT2D eigenvalue weighted by Crippen LogP contribution is -2.15. The minimum Gasteiger partial charge on any atom is -0.396 e. The fourth-order valence-corrected chi connectivity index (χ4v) is 2.72. The Morgan fingerprint density at radius 2 is 2.25 bits per heavy atom. The Balaban J connectivity index is 2.01. The standard InChI is InChI=1S/C12H16BrNOS/c13-10-1-4-12(16-6-5-15)9(7-10)8-14-11-2-3-11/h1,4,7,11,14-15H,2-3,5-6,8H2. The first-order valence-corrected chi connectivity index (χ1v) is 7.33. The van der Waals surface area contributed by atoms with Crippen molar-refractivity contribution in [2.24, 2.45) is 0 Å². The summed E-state index contributed by atoms with van der Waals surface area (Å²) in [6, 6.07) is 7.07. The Kier molecular flexibility index (Phi) is 4.70. The lowest BCUT2D eigenvalue weighted by Gasteiger charge is -2.10. The molecule has 0 aromatic heterocycles. The molecule has 0 spiro atoms. The molecule has 2 N–H and O–H groups in total. The molecule has 1 aromatic carbocycles. The highest BCUT2D eigenvalue weighted by Crippen LogP contribution is 2.27. The molecule has 0 unspecified atom stereocenters. The summed E-state index contributed by atoms with van der Waals surface area (Å²) in [5.41, 5.74) is 1.32. The summed E-state index contributed by atoms with van der Waals surface area (Å²) in [5.74, 6) is 0.762. The molecule has 2 rings (SSSR count). The molecule has 16 heavy (non-hydrogen) atoms. The third-order valence-corrected chi connectivity index (χ3v) is 4.12. The molecule has 0 radical (unpaired) electrons. The van der Waals surface area contributed by atoms with Crippen molar-refractivity contribution in [2.75, 3.05) is 12.4 Å². The van der Waals surface area contributed by atoms with Crippen LogP contribution in [0.4, 0.5) is 0 Å². The number of benzene rings is 1. The predicted octanol–water partition coefficient (Wildman–Crippen LogP) is 2.79. The van der Waals surface area contributed by atoms with Gasteiger partial charge in [0.2, 0.25) is 0 Å². The summed E-state index contributed by atoms with van der Waals surface area (Å²) in [6.07, 6.45) is 2.63.